The van der Waals surface area contributed by atoms with E-state index in [-0.39, 0.29) is 0 Å². The quantitative estimate of drug-likeness (QED) is 0.408. The Balaban J connectivity index is 0. The van der Waals surface area contributed by atoms with Crippen LogP contribution in [0.1, 0.15) is 85.5 Å². The topological polar surface area (TPSA) is 0 Å². The minimum absolute atomic E-state index is 1.34. The Hall–Kier alpha value is 0.350. The van der Waals surface area contributed by atoms with E-state index in [9.17, 15) is 0 Å². The van der Waals surface area contributed by atoms with Crippen LogP contribution < -0.4 is 0 Å². The summed E-state index contributed by atoms with van der Waals surface area (Å²) in [6.07, 6.45) is 12.5. The minimum atomic E-state index is 1.34. The van der Waals surface area contributed by atoms with Crippen LogP contribution in [0.4, 0.5) is 0 Å². The van der Waals surface area contributed by atoms with Gasteiger partial charge in [-0.25, -0.2) is 0 Å². The van der Waals surface area contributed by atoms with Gasteiger partial charge in [0.15, 0.2) is 0 Å². The van der Waals surface area contributed by atoms with E-state index < -0.39 is 0 Å². The average molecular weight is 247 g/mol. The van der Waals surface area contributed by atoms with E-state index in [1.54, 1.807) is 0 Å². The molecule has 0 N–H and O–H groups in total. The molecule has 0 fully saturated rings. The van der Waals surface area contributed by atoms with Crippen molar-refractivity contribution in [3.63, 3.8) is 0 Å². The highest BCUT2D eigenvalue weighted by atomic mass is 32.2. The lowest BCUT2D eigenvalue weighted by molar-refractivity contribution is 0.768. The lowest BCUT2D eigenvalue weighted by Gasteiger charge is -1.99. The van der Waals surface area contributed by atoms with E-state index in [4.69, 9.17) is 0 Å². The van der Waals surface area contributed by atoms with Gasteiger partial charge in [0.1, 0.15) is 0 Å². The number of rotatable bonds is 10. The van der Waals surface area contributed by atoms with Crippen LogP contribution >= 0.6 is 11.8 Å². The average Bonchev–Trinajstić information content (AvgIpc) is 2.30. The lowest BCUT2D eigenvalue weighted by Crippen LogP contribution is -1.83. The van der Waals surface area contributed by atoms with E-state index in [1.165, 1.54) is 69.3 Å². The van der Waals surface area contributed by atoms with Crippen molar-refractivity contribution in [3.05, 3.63) is 0 Å². The molecular weight excluding hydrogens is 212 g/mol. The van der Waals surface area contributed by atoms with Crippen LogP contribution in [-0.4, -0.2) is 11.5 Å². The molecule has 0 aromatic heterocycles. The number of hydrogen-bond acceptors (Lipinski definition) is 1. The highest BCUT2D eigenvalue weighted by Crippen LogP contribution is 2.09. The molecule has 0 heterocycles. The summed E-state index contributed by atoms with van der Waals surface area (Å²) in [5.41, 5.74) is 0. The molecule has 0 nitrogen and oxygen atoms in total. The first kappa shape index (κ1) is 18.7. The van der Waals surface area contributed by atoms with Crippen LogP contribution in [0, 0.1) is 0 Å². The molecule has 16 heavy (non-hydrogen) atoms. The second-order valence-electron chi connectivity index (χ2n) is 4.38. The van der Waals surface area contributed by atoms with E-state index in [1.807, 2.05) is 0 Å². The molecule has 0 radical (unpaired) electrons. The smallest absolute Gasteiger partial charge is 0.00675 e. The van der Waals surface area contributed by atoms with Crippen LogP contribution in [0.5, 0.6) is 0 Å². The molecule has 0 unspecified atom stereocenters. The SMILES string of the molecule is CCCCC.CCCCCSCCCCC. The summed E-state index contributed by atoms with van der Waals surface area (Å²) in [5, 5.41) is 0. The van der Waals surface area contributed by atoms with E-state index in [0.717, 1.165) is 0 Å². The number of hydrogen-bond donors (Lipinski definition) is 0. The van der Waals surface area contributed by atoms with Gasteiger partial charge in [-0.2, -0.15) is 11.8 Å². The van der Waals surface area contributed by atoms with Crippen molar-refractivity contribution in [1.82, 2.24) is 0 Å². The highest BCUT2D eigenvalue weighted by molar-refractivity contribution is 7.99. The summed E-state index contributed by atoms with van der Waals surface area (Å²) >= 11 is 2.13. The molecule has 0 rings (SSSR count). The van der Waals surface area contributed by atoms with Crippen LogP contribution in [0.15, 0.2) is 0 Å². The third-order valence-corrected chi connectivity index (χ3v) is 3.65. The molecule has 100 valence electrons. The van der Waals surface area contributed by atoms with Gasteiger partial charge in [-0.1, -0.05) is 72.6 Å². The molecule has 0 spiro atoms. The maximum Gasteiger partial charge on any atom is -0.00675 e. The molecule has 1 heteroatoms. The normalized spacial score (nSPS) is 9.75. The predicted octanol–water partition coefficient (Wildman–Crippen LogP) is 6.30. The Kier molecular flexibility index (Phi) is 24.2. The zero-order chi connectivity index (χ0) is 12.5. The Morgan fingerprint density at radius 1 is 0.500 bits per heavy atom. The first-order chi connectivity index (χ1) is 7.83. The fourth-order valence-electron chi connectivity index (χ4n) is 1.36. The van der Waals surface area contributed by atoms with Gasteiger partial charge < -0.3 is 0 Å². The molecule has 0 saturated carbocycles. The van der Waals surface area contributed by atoms with Crippen molar-refractivity contribution >= 4 is 11.8 Å². The first-order valence-electron chi connectivity index (χ1n) is 7.41. The van der Waals surface area contributed by atoms with Crippen LogP contribution in [0.3, 0.4) is 0 Å². The summed E-state index contributed by atoms with van der Waals surface area (Å²) in [5.74, 6) is 2.77. The van der Waals surface area contributed by atoms with Crippen LogP contribution in [0.2, 0.25) is 0 Å². The number of thioether (sulfide) groups is 1. The monoisotopic (exact) mass is 246 g/mol. The van der Waals surface area contributed by atoms with Gasteiger partial charge in [0.25, 0.3) is 0 Å². The van der Waals surface area contributed by atoms with Gasteiger partial charge in [0.05, 0.1) is 0 Å². The second-order valence-corrected chi connectivity index (χ2v) is 5.60. The van der Waals surface area contributed by atoms with Crippen molar-refractivity contribution in [1.29, 1.82) is 0 Å². The van der Waals surface area contributed by atoms with E-state index >= 15 is 0 Å². The molecule has 0 atom stereocenters. The molecule has 0 aromatic carbocycles. The minimum Gasteiger partial charge on any atom is -0.162 e. The standard InChI is InChI=1S/C10H22S.C5H12/c1-3-5-7-9-11-10-8-6-4-2;1-3-5-4-2/h3-10H2,1-2H3;3-5H2,1-2H3. The van der Waals surface area contributed by atoms with Crippen LogP contribution in [-0.2, 0) is 0 Å². The van der Waals surface area contributed by atoms with Gasteiger partial charge >= 0.3 is 0 Å². The fourth-order valence-corrected chi connectivity index (χ4v) is 2.38. The van der Waals surface area contributed by atoms with Gasteiger partial charge in [0, 0.05) is 0 Å². The largest absolute Gasteiger partial charge is 0.162 e. The first-order valence-corrected chi connectivity index (χ1v) is 8.56. The summed E-state index contributed by atoms with van der Waals surface area (Å²) in [7, 11) is 0. The third-order valence-electron chi connectivity index (χ3n) is 2.49. The lowest BCUT2D eigenvalue weighted by atomic mass is 10.3. The summed E-state index contributed by atoms with van der Waals surface area (Å²) in [4.78, 5) is 0. The zero-order valence-corrected chi connectivity index (χ0v) is 13.0. The van der Waals surface area contributed by atoms with Crippen molar-refractivity contribution < 1.29 is 0 Å². The molecular formula is C15H34S. The second kappa shape index (κ2) is 20.7. The van der Waals surface area contributed by atoms with Crippen molar-refractivity contribution in [2.45, 2.75) is 85.5 Å². The van der Waals surface area contributed by atoms with Crippen LogP contribution in [0.25, 0.3) is 0 Å². The molecule has 0 aromatic rings. The Bertz CT molecular complexity index is 81.4. The van der Waals surface area contributed by atoms with Gasteiger partial charge in [-0.15, -0.1) is 0 Å². The highest BCUT2D eigenvalue weighted by Gasteiger charge is 1.88. The van der Waals surface area contributed by atoms with E-state index in [2.05, 4.69) is 39.5 Å². The Morgan fingerprint density at radius 3 is 1.12 bits per heavy atom. The molecule has 0 aliphatic carbocycles. The third kappa shape index (κ3) is 23.9. The van der Waals surface area contributed by atoms with Gasteiger partial charge in [-0.3, -0.25) is 0 Å². The molecule has 0 amide bonds. The number of unbranched alkanes of at least 4 members (excludes halogenated alkanes) is 6. The predicted molar refractivity (Wildman–Crippen MR) is 81.6 cm³/mol. The fraction of sp³-hybridized carbons (Fsp3) is 1.00. The maximum atomic E-state index is 2.27. The van der Waals surface area contributed by atoms with Crippen molar-refractivity contribution in [2.75, 3.05) is 11.5 Å². The van der Waals surface area contributed by atoms with Gasteiger partial charge in [0.2, 0.25) is 0 Å². The van der Waals surface area contributed by atoms with Crippen molar-refractivity contribution in [3.8, 4) is 0 Å². The molecule has 0 aliphatic heterocycles. The Morgan fingerprint density at radius 2 is 0.875 bits per heavy atom. The zero-order valence-electron chi connectivity index (χ0n) is 12.2. The maximum absolute atomic E-state index is 2.27. The van der Waals surface area contributed by atoms with Crippen molar-refractivity contribution in [2.24, 2.45) is 0 Å². The summed E-state index contributed by atoms with van der Waals surface area (Å²) in [6, 6.07) is 0. The summed E-state index contributed by atoms with van der Waals surface area (Å²) < 4.78 is 0. The summed E-state index contributed by atoms with van der Waals surface area (Å²) in [6.45, 7) is 8.95. The molecule has 0 bridgehead atoms. The van der Waals surface area contributed by atoms with Gasteiger partial charge in [-0.05, 0) is 24.3 Å². The Labute approximate surface area is 109 Å². The van der Waals surface area contributed by atoms with E-state index in [0.29, 0.717) is 0 Å². The molecule has 0 aliphatic rings. The molecule has 0 saturated heterocycles.